The maximum Gasteiger partial charge on any atom is 0.257 e. The predicted octanol–water partition coefficient (Wildman–Crippen LogP) is 1.98. The average molecular weight is 301 g/mol. The third kappa shape index (κ3) is 4.36. The Bertz CT molecular complexity index is 394. The van der Waals surface area contributed by atoms with Gasteiger partial charge in [0.05, 0.1) is 0 Å². The minimum Gasteiger partial charge on any atom is -0.483 e. The van der Waals surface area contributed by atoms with Gasteiger partial charge in [-0.25, -0.2) is 0 Å². The number of benzene rings is 1. The van der Waals surface area contributed by atoms with Crippen molar-refractivity contribution in [3.05, 3.63) is 28.2 Å². The van der Waals surface area contributed by atoms with Crippen LogP contribution in [-0.4, -0.2) is 19.1 Å². The summed E-state index contributed by atoms with van der Waals surface area (Å²) in [6.07, 6.45) is 0. The molecule has 0 saturated heterocycles. The Morgan fingerprint density at radius 3 is 2.88 bits per heavy atom. The number of rotatable bonds is 5. The molecule has 0 radical (unpaired) electrons. The van der Waals surface area contributed by atoms with Gasteiger partial charge in [0.1, 0.15) is 5.75 Å². The zero-order chi connectivity index (χ0) is 12.8. The highest BCUT2D eigenvalue weighted by molar-refractivity contribution is 9.10. The van der Waals surface area contributed by atoms with E-state index in [1.165, 1.54) is 0 Å². The van der Waals surface area contributed by atoms with E-state index in [4.69, 9.17) is 10.5 Å². The second-order valence-corrected chi connectivity index (χ2v) is 4.63. The van der Waals surface area contributed by atoms with Gasteiger partial charge >= 0.3 is 0 Å². The van der Waals surface area contributed by atoms with Crippen molar-refractivity contribution in [1.29, 1.82) is 0 Å². The number of hydrogen-bond acceptors (Lipinski definition) is 3. The fourth-order valence-corrected chi connectivity index (χ4v) is 1.74. The van der Waals surface area contributed by atoms with Crippen LogP contribution in [0.1, 0.15) is 25.5 Å². The minimum absolute atomic E-state index is 0.00398. The summed E-state index contributed by atoms with van der Waals surface area (Å²) < 4.78 is 6.37. The van der Waals surface area contributed by atoms with E-state index in [1.807, 2.05) is 32.0 Å². The second kappa shape index (κ2) is 6.61. The van der Waals surface area contributed by atoms with Crippen LogP contribution in [0.2, 0.25) is 0 Å². The smallest absolute Gasteiger partial charge is 0.257 e. The highest BCUT2D eigenvalue weighted by atomic mass is 79.9. The zero-order valence-corrected chi connectivity index (χ0v) is 11.6. The third-order valence-corrected chi connectivity index (χ3v) is 2.69. The van der Waals surface area contributed by atoms with E-state index in [2.05, 4.69) is 21.2 Å². The number of ether oxygens (including phenoxy) is 1. The number of carbonyl (C=O) groups excluding carboxylic acids is 1. The van der Waals surface area contributed by atoms with Crippen molar-refractivity contribution in [3.8, 4) is 5.75 Å². The van der Waals surface area contributed by atoms with Crippen LogP contribution < -0.4 is 15.8 Å². The molecule has 4 nitrogen and oxygen atoms in total. The Hall–Kier alpha value is -1.07. The van der Waals surface area contributed by atoms with Gasteiger partial charge in [0.25, 0.3) is 5.91 Å². The molecule has 0 fully saturated rings. The Balaban J connectivity index is 2.75. The van der Waals surface area contributed by atoms with Gasteiger partial charge in [0.15, 0.2) is 6.61 Å². The molecule has 5 heteroatoms. The van der Waals surface area contributed by atoms with Gasteiger partial charge in [-0.1, -0.05) is 22.0 Å². The van der Waals surface area contributed by atoms with Crippen LogP contribution in [0.3, 0.4) is 0 Å². The first kappa shape index (κ1) is 14.0. The Labute approximate surface area is 110 Å². The summed E-state index contributed by atoms with van der Waals surface area (Å²) in [6.45, 7) is 4.34. The fraction of sp³-hybridized carbons (Fsp3) is 0.417. The first-order valence-corrected chi connectivity index (χ1v) is 6.28. The van der Waals surface area contributed by atoms with Crippen LogP contribution in [0.4, 0.5) is 0 Å². The van der Waals surface area contributed by atoms with E-state index in [1.54, 1.807) is 0 Å². The van der Waals surface area contributed by atoms with Crippen LogP contribution >= 0.6 is 15.9 Å². The Kier molecular flexibility index (Phi) is 5.44. The van der Waals surface area contributed by atoms with E-state index in [0.717, 1.165) is 10.0 Å². The summed E-state index contributed by atoms with van der Waals surface area (Å²) in [6, 6.07) is 5.48. The monoisotopic (exact) mass is 300 g/mol. The average Bonchev–Trinajstić information content (AvgIpc) is 2.26. The minimum atomic E-state index is -0.136. The number of carbonyl (C=O) groups is 1. The normalized spacial score (nSPS) is 12.0. The van der Waals surface area contributed by atoms with E-state index in [-0.39, 0.29) is 18.6 Å². The Morgan fingerprint density at radius 1 is 1.59 bits per heavy atom. The molecule has 0 bridgehead atoms. The molecule has 0 unspecified atom stereocenters. The summed E-state index contributed by atoms with van der Waals surface area (Å²) in [5.41, 5.74) is 6.72. The fourth-order valence-electron chi connectivity index (χ4n) is 1.40. The van der Waals surface area contributed by atoms with Crippen molar-refractivity contribution in [2.45, 2.75) is 19.9 Å². The molecule has 0 aliphatic carbocycles. The molecular formula is C12H17BrN2O2. The van der Waals surface area contributed by atoms with Gasteiger partial charge in [0.2, 0.25) is 0 Å². The number of halogens is 1. The van der Waals surface area contributed by atoms with Crippen molar-refractivity contribution in [2.24, 2.45) is 5.73 Å². The lowest BCUT2D eigenvalue weighted by atomic mass is 10.1. The predicted molar refractivity (Wildman–Crippen MR) is 70.9 cm³/mol. The molecule has 0 spiro atoms. The lowest BCUT2D eigenvalue weighted by molar-refractivity contribution is -0.123. The van der Waals surface area contributed by atoms with Crippen LogP contribution in [0.15, 0.2) is 22.7 Å². The molecule has 1 rings (SSSR count). The first-order valence-electron chi connectivity index (χ1n) is 5.49. The molecule has 0 aliphatic rings. The highest BCUT2D eigenvalue weighted by Gasteiger charge is 2.10. The lowest BCUT2D eigenvalue weighted by Crippen LogP contribution is -2.28. The molecule has 17 heavy (non-hydrogen) atoms. The molecule has 3 N–H and O–H groups in total. The summed E-state index contributed by atoms with van der Waals surface area (Å²) in [5.74, 6) is 0.503. The lowest BCUT2D eigenvalue weighted by Gasteiger charge is -2.14. The topological polar surface area (TPSA) is 64.3 Å². The van der Waals surface area contributed by atoms with Crippen LogP contribution in [0, 0.1) is 0 Å². The van der Waals surface area contributed by atoms with Crippen LogP contribution in [-0.2, 0) is 4.79 Å². The Morgan fingerprint density at radius 2 is 2.29 bits per heavy atom. The third-order valence-electron chi connectivity index (χ3n) is 2.20. The van der Waals surface area contributed by atoms with Gasteiger partial charge in [-0.05, 0) is 26.0 Å². The summed E-state index contributed by atoms with van der Waals surface area (Å²) in [7, 11) is 0. The maximum absolute atomic E-state index is 11.3. The maximum atomic E-state index is 11.3. The standard InChI is InChI=1S/C12H17BrN2O2/c1-3-15-12(16)7-17-11-6-9(13)4-5-10(11)8(2)14/h4-6,8H,3,7,14H2,1-2H3,(H,15,16)/t8-/m0/s1. The number of hydrogen-bond donors (Lipinski definition) is 2. The molecule has 0 saturated carbocycles. The number of likely N-dealkylation sites (N-methyl/N-ethyl adjacent to an activating group) is 1. The van der Waals surface area contributed by atoms with E-state index in [0.29, 0.717) is 12.3 Å². The summed E-state index contributed by atoms with van der Waals surface area (Å²) >= 11 is 3.36. The summed E-state index contributed by atoms with van der Waals surface area (Å²) in [4.78, 5) is 11.3. The molecule has 1 aromatic carbocycles. The van der Waals surface area contributed by atoms with Crippen molar-refractivity contribution >= 4 is 21.8 Å². The van der Waals surface area contributed by atoms with Crippen molar-refractivity contribution in [1.82, 2.24) is 5.32 Å². The van der Waals surface area contributed by atoms with Crippen LogP contribution in [0.25, 0.3) is 0 Å². The highest BCUT2D eigenvalue weighted by Crippen LogP contribution is 2.27. The number of amides is 1. The second-order valence-electron chi connectivity index (χ2n) is 3.71. The largest absolute Gasteiger partial charge is 0.483 e. The van der Waals surface area contributed by atoms with E-state index in [9.17, 15) is 4.79 Å². The first-order chi connectivity index (χ1) is 8.04. The molecule has 1 amide bonds. The number of nitrogens with one attached hydrogen (secondary N) is 1. The van der Waals surface area contributed by atoms with Gasteiger partial charge < -0.3 is 15.8 Å². The van der Waals surface area contributed by atoms with E-state index < -0.39 is 0 Å². The zero-order valence-electron chi connectivity index (χ0n) is 10.00. The van der Waals surface area contributed by atoms with Gasteiger partial charge in [-0.15, -0.1) is 0 Å². The van der Waals surface area contributed by atoms with Gasteiger partial charge in [-0.3, -0.25) is 4.79 Å². The number of nitrogens with two attached hydrogens (primary N) is 1. The molecule has 0 aromatic heterocycles. The SMILES string of the molecule is CCNC(=O)COc1cc(Br)ccc1[C@H](C)N. The van der Waals surface area contributed by atoms with Gasteiger partial charge in [-0.2, -0.15) is 0 Å². The quantitative estimate of drug-likeness (QED) is 0.874. The van der Waals surface area contributed by atoms with Crippen molar-refractivity contribution in [2.75, 3.05) is 13.2 Å². The van der Waals surface area contributed by atoms with Crippen molar-refractivity contribution < 1.29 is 9.53 Å². The molecule has 0 aliphatic heterocycles. The van der Waals surface area contributed by atoms with Gasteiger partial charge in [0, 0.05) is 22.6 Å². The molecule has 94 valence electrons. The van der Waals surface area contributed by atoms with Crippen molar-refractivity contribution in [3.63, 3.8) is 0 Å². The molecule has 1 atom stereocenters. The molecule has 1 aromatic rings. The molecular weight excluding hydrogens is 284 g/mol. The summed E-state index contributed by atoms with van der Waals surface area (Å²) in [5, 5.41) is 2.67. The molecule has 0 heterocycles. The van der Waals surface area contributed by atoms with Crippen LogP contribution in [0.5, 0.6) is 5.75 Å². The van der Waals surface area contributed by atoms with E-state index >= 15 is 0 Å².